The fraction of sp³-hybridized carbons (Fsp3) is 0.111. The van der Waals surface area contributed by atoms with Crippen LogP contribution in [0.25, 0.3) is 22.5 Å². The predicted molar refractivity (Wildman–Crippen MR) is 91.3 cm³/mol. The predicted octanol–water partition coefficient (Wildman–Crippen LogP) is 3.86. The van der Waals surface area contributed by atoms with E-state index in [4.69, 9.17) is 0 Å². The molecule has 0 aliphatic rings. The molecule has 6 nitrogen and oxygen atoms in total. The fourth-order valence-corrected chi connectivity index (χ4v) is 2.61. The normalized spacial score (nSPS) is 11.3. The number of H-pyrrole nitrogens is 1. The molecule has 9 heteroatoms. The van der Waals surface area contributed by atoms with Crippen LogP contribution in [-0.2, 0) is 6.54 Å². The lowest BCUT2D eigenvalue weighted by atomic mass is 10.1. The molecule has 0 spiro atoms. The van der Waals surface area contributed by atoms with Gasteiger partial charge in [0.15, 0.2) is 5.82 Å². The zero-order valence-electron chi connectivity index (χ0n) is 13.9. The second-order valence-electron chi connectivity index (χ2n) is 5.80. The summed E-state index contributed by atoms with van der Waals surface area (Å²) in [5, 5.41) is 7.98. The summed E-state index contributed by atoms with van der Waals surface area (Å²) in [5.74, 6) is -0.743. The lowest BCUT2D eigenvalue weighted by Crippen LogP contribution is -2.02. The summed E-state index contributed by atoms with van der Waals surface area (Å²) < 4.78 is 40.6. The van der Waals surface area contributed by atoms with Crippen molar-refractivity contribution in [2.45, 2.75) is 13.0 Å². The van der Waals surface area contributed by atoms with E-state index in [1.165, 1.54) is 12.3 Å². The molecule has 1 aromatic carbocycles. The van der Waals surface area contributed by atoms with Gasteiger partial charge in [-0.2, -0.15) is 0 Å². The number of alkyl halides is 2. The van der Waals surface area contributed by atoms with Gasteiger partial charge in [0.25, 0.3) is 6.43 Å². The number of pyridine rings is 1. The van der Waals surface area contributed by atoms with Crippen molar-refractivity contribution in [1.29, 1.82) is 0 Å². The van der Waals surface area contributed by atoms with Crippen LogP contribution in [-0.4, -0.2) is 29.9 Å². The van der Waals surface area contributed by atoms with Gasteiger partial charge in [0.05, 0.1) is 30.3 Å². The number of hydrogen-bond donors (Lipinski definition) is 1. The molecule has 3 aromatic heterocycles. The van der Waals surface area contributed by atoms with Gasteiger partial charge in [-0.15, -0.1) is 5.10 Å². The van der Waals surface area contributed by atoms with Gasteiger partial charge in [0.2, 0.25) is 0 Å². The van der Waals surface area contributed by atoms with Crippen molar-refractivity contribution >= 4 is 0 Å². The van der Waals surface area contributed by atoms with Gasteiger partial charge < -0.3 is 4.98 Å². The van der Waals surface area contributed by atoms with Gasteiger partial charge in [0, 0.05) is 17.3 Å². The lowest BCUT2D eigenvalue weighted by Gasteiger charge is -2.02. The summed E-state index contributed by atoms with van der Waals surface area (Å²) in [5.41, 5.74) is 2.61. The van der Waals surface area contributed by atoms with E-state index in [9.17, 15) is 13.2 Å². The third-order valence-corrected chi connectivity index (χ3v) is 3.95. The first kappa shape index (κ1) is 17.0. The molecule has 0 unspecified atom stereocenters. The minimum absolute atomic E-state index is 0.340. The highest BCUT2D eigenvalue weighted by molar-refractivity contribution is 5.58. The summed E-state index contributed by atoms with van der Waals surface area (Å²) in [6.07, 6.45) is 1.89. The minimum atomic E-state index is -2.65. The smallest absolute Gasteiger partial charge is 0.295 e. The number of aromatic nitrogens is 6. The number of rotatable bonds is 5. The average Bonchev–Trinajstić information content (AvgIpc) is 3.33. The zero-order valence-corrected chi connectivity index (χ0v) is 13.9. The fourth-order valence-electron chi connectivity index (χ4n) is 2.61. The van der Waals surface area contributed by atoms with Crippen LogP contribution in [0.3, 0.4) is 0 Å². The number of halogens is 3. The number of imidazole rings is 1. The van der Waals surface area contributed by atoms with E-state index in [2.05, 4.69) is 25.3 Å². The van der Waals surface area contributed by atoms with Crippen LogP contribution in [0.1, 0.15) is 17.9 Å². The Balaban J connectivity index is 1.50. The van der Waals surface area contributed by atoms with E-state index in [0.717, 1.165) is 0 Å². The van der Waals surface area contributed by atoms with Gasteiger partial charge in [-0.25, -0.2) is 22.8 Å². The van der Waals surface area contributed by atoms with Crippen LogP contribution in [0.4, 0.5) is 13.2 Å². The number of nitrogens with one attached hydrogen (secondary N) is 1. The molecule has 0 aliphatic heterocycles. The van der Waals surface area contributed by atoms with Crippen LogP contribution >= 0.6 is 0 Å². The quantitative estimate of drug-likeness (QED) is 0.579. The highest BCUT2D eigenvalue weighted by Crippen LogP contribution is 2.22. The molecule has 0 saturated carbocycles. The van der Waals surface area contributed by atoms with Crippen molar-refractivity contribution in [2.24, 2.45) is 0 Å². The topological polar surface area (TPSA) is 72.3 Å². The van der Waals surface area contributed by atoms with Crippen molar-refractivity contribution < 1.29 is 13.2 Å². The second-order valence-corrected chi connectivity index (χ2v) is 5.80. The van der Waals surface area contributed by atoms with E-state index < -0.39 is 6.43 Å². The van der Waals surface area contributed by atoms with E-state index in [1.54, 1.807) is 47.4 Å². The van der Waals surface area contributed by atoms with Crippen LogP contribution in [0, 0.1) is 5.82 Å². The Bertz CT molecular complexity index is 1050. The maximum Gasteiger partial charge on any atom is 0.295 e. The Morgan fingerprint density at radius 1 is 1.04 bits per heavy atom. The van der Waals surface area contributed by atoms with Crippen molar-refractivity contribution in [3.8, 4) is 22.5 Å². The van der Waals surface area contributed by atoms with E-state index in [1.807, 2.05) is 0 Å². The van der Waals surface area contributed by atoms with Crippen LogP contribution in [0.15, 0.2) is 55.0 Å². The molecule has 0 fully saturated rings. The summed E-state index contributed by atoms with van der Waals surface area (Å²) in [7, 11) is 0. The minimum Gasteiger partial charge on any atom is -0.337 e. The third kappa shape index (κ3) is 3.57. The Labute approximate surface area is 151 Å². The molecule has 4 rings (SSSR count). The van der Waals surface area contributed by atoms with E-state index in [0.29, 0.717) is 34.8 Å². The Kier molecular flexibility index (Phi) is 4.41. The summed E-state index contributed by atoms with van der Waals surface area (Å²) >= 11 is 0. The molecule has 0 bridgehead atoms. The van der Waals surface area contributed by atoms with E-state index >= 15 is 0 Å². The van der Waals surface area contributed by atoms with Crippen molar-refractivity contribution in [3.63, 3.8) is 0 Å². The lowest BCUT2D eigenvalue weighted by molar-refractivity contribution is 0.141. The average molecular weight is 370 g/mol. The molecular formula is C18H13F3N6. The third-order valence-electron chi connectivity index (χ3n) is 3.95. The van der Waals surface area contributed by atoms with Crippen molar-refractivity contribution in [1.82, 2.24) is 29.9 Å². The number of aromatic amines is 1. The Morgan fingerprint density at radius 2 is 1.89 bits per heavy atom. The van der Waals surface area contributed by atoms with Gasteiger partial charge in [-0.1, -0.05) is 17.3 Å². The molecular weight excluding hydrogens is 357 g/mol. The second kappa shape index (κ2) is 7.02. The number of benzene rings is 1. The summed E-state index contributed by atoms with van der Waals surface area (Å²) in [4.78, 5) is 10.5. The van der Waals surface area contributed by atoms with Gasteiger partial charge in [-0.05, 0) is 24.3 Å². The first-order valence-electron chi connectivity index (χ1n) is 8.03. The molecule has 0 amide bonds. The SMILES string of the molecule is Fc1ccccc1-c1cn(Cc2ccc(-c3cnc(C(F)F)[nH]3)cn2)nn1. The first-order valence-corrected chi connectivity index (χ1v) is 8.03. The molecule has 0 radical (unpaired) electrons. The molecule has 136 valence electrons. The monoisotopic (exact) mass is 370 g/mol. The van der Waals surface area contributed by atoms with Crippen molar-refractivity contribution in [2.75, 3.05) is 0 Å². The largest absolute Gasteiger partial charge is 0.337 e. The Hall–Kier alpha value is -3.49. The number of hydrogen-bond acceptors (Lipinski definition) is 4. The molecule has 0 aliphatic carbocycles. The summed E-state index contributed by atoms with van der Waals surface area (Å²) in [6, 6.07) is 9.84. The van der Waals surface area contributed by atoms with Gasteiger partial charge in [-0.3, -0.25) is 4.98 Å². The maximum atomic E-state index is 13.8. The van der Waals surface area contributed by atoms with Gasteiger partial charge in [0.1, 0.15) is 11.5 Å². The zero-order chi connectivity index (χ0) is 18.8. The molecule has 27 heavy (non-hydrogen) atoms. The van der Waals surface area contributed by atoms with Gasteiger partial charge >= 0.3 is 0 Å². The molecule has 0 atom stereocenters. The van der Waals surface area contributed by atoms with Crippen LogP contribution < -0.4 is 0 Å². The molecule has 4 aromatic rings. The van der Waals surface area contributed by atoms with Crippen molar-refractivity contribution in [3.05, 3.63) is 72.3 Å². The summed E-state index contributed by atoms with van der Waals surface area (Å²) in [6.45, 7) is 0.340. The van der Waals surface area contributed by atoms with Crippen LogP contribution in [0.5, 0.6) is 0 Å². The maximum absolute atomic E-state index is 13.8. The first-order chi connectivity index (χ1) is 13.1. The number of nitrogens with zero attached hydrogens (tertiary/aromatic N) is 5. The van der Waals surface area contributed by atoms with Crippen LogP contribution in [0.2, 0.25) is 0 Å². The molecule has 1 N–H and O–H groups in total. The highest BCUT2D eigenvalue weighted by Gasteiger charge is 2.13. The Morgan fingerprint density at radius 3 is 2.59 bits per heavy atom. The highest BCUT2D eigenvalue weighted by atomic mass is 19.3. The van der Waals surface area contributed by atoms with E-state index in [-0.39, 0.29) is 11.6 Å². The molecule has 3 heterocycles. The standard InChI is InChI=1S/C18H13F3N6/c19-14-4-2-1-3-13(14)16-10-27(26-25-16)9-12-6-5-11(7-22-12)15-8-23-18(24-15)17(20)21/h1-8,10,17H,9H2,(H,23,24). The molecule has 0 saturated heterocycles.